The quantitative estimate of drug-likeness (QED) is 0.206. The molecule has 1 heterocycles. The van der Waals surface area contributed by atoms with E-state index in [1.807, 2.05) is 64.0 Å². The van der Waals surface area contributed by atoms with Gasteiger partial charge in [0.2, 0.25) is 5.91 Å². The third kappa shape index (κ3) is 8.21. The molecule has 8 nitrogen and oxygen atoms in total. The highest BCUT2D eigenvalue weighted by Gasteiger charge is 2.23. The lowest BCUT2D eigenvalue weighted by atomic mass is 9.84. The second-order valence-corrected chi connectivity index (χ2v) is 15.2. The molecule has 0 bridgehead atoms. The molecule has 9 heteroatoms. The van der Waals surface area contributed by atoms with E-state index in [9.17, 15) is 18.0 Å². The van der Waals surface area contributed by atoms with Gasteiger partial charge in [0.15, 0.2) is 0 Å². The summed E-state index contributed by atoms with van der Waals surface area (Å²) in [5, 5.41) is 0.902. The molecule has 45 heavy (non-hydrogen) atoms. The molecule has 4 rings (SSSR count). The second kappa shape index (κ2) is 13.2. The number of hydrogen-bond acceptors (Lipinski definition) is 6. The predicted octanol–water partition coefficient (Wildman–Crippen LogP) is 7.45. The van der Waals surface area contributed by atoms with E-state index >= 15 is 0 Å². The van der Waals surface area contributed by atoms with Gasteiger partial charge in [-0.15, -0.1) is 0 Å². The number of sulfonamides is 1. The minimum Gasteiger partial charge on any atom is -0.443 e. The molecule has 1 N–H and O–H groups in total. The lowest BCUT2D eigenvalue weighted by molar-refractivity contribution is -0.118. The van der Waals surface area contributed by atoms with Crippen LogP contribution < -0.4 is 4.72 Å². The van der Waals surface area contributed by atoms with Gasteiger partial charge in [-0.1, -0.05) is 58.0 Å². The number of fused-ring (bicyclic) bond motifs is 1. The summed E-state index contributed by atoms with van der Waals surface area (Å²) in [4.78, 5) is 28.1. The molecule has 0 aliphatic carbocycles. The van der Waals surface area contributed by atoms with Crippen LogP contribution in [-0.2, 0) is 32.5 Å². The maximum absolute atomic E-state index is 13.3. The molecular formula is C36H45N3O5S. The molecule has 4 aromatic rings. The van der Waals surface area contributed by atoms with Crippen molar-refractivity contribution in [2.75, 3.05) is 14.1 Å². The molecular weight excluding hydrogens is 586 g/mol. The Bertz CT molecular complexity index is 1780. The van der Waals surface area contributed by atoms with Crippen LogP contribution in [0.2, 0.25) is 0 Å². The fraction of sp³-hybridized carbons (Fsp3) is 0.389. The number of amides is 1. The SMILES string of the molecule is CC(C)c1cc(-c2ccc3c(ccn3C(=O)OC(C)(C)C)c2)cc(C(C)C)c1CC(=O)NS(=O)(=O)c1ccc(CN(C)C)cc1. The van der Waals surface area contributed by atoms with Gasteiger partial charge in [0.05, 0.1) is 16.8 Å². The Hall–Kier alpha value is -3.95. The van der Waals surface area contributed by atoms with Crippen molar-refractivity contribution in [2.45, 2.75) is 83.8 Å². The number of carbonyl (C=O) groups excluding carboxylic acids is 2. The Morgan fingerprint density at radius 3 is 2.00 bits per heavy atom. The number of ether oxygens (including phenoxy) is 1. The Morgan fingerprint density at radius 2 is 1.47 bits per heavy atom. The summed E-state index contributed by atoms with van der Waals surface area (Å²) in [5.41, 5.74) is 5.92. The first-order chi connectivity index (χ1) is 20.9. The van der Waals surface area contributed by atoms with E-state index in [1.54, 1.807) is 18.3 Å². The second-order valence-electron chi connectivity index (χ2n) is 13.5. The maximum Gasteiger partial charge on any atom is 0.418 e. The zero-order valence-corrected chi connectivity index (χ0v) is 28.6. The molecule has 240 valence electrons. The van der Waals surface area contributed by atoms with Crippen LogP contribution in [0.5, 0.6) is 0 Å². The van der Waals surface area contributed by atoms with Gasteiger partial charge in [-0.25, -0.2) is 17.9 Å². The van der Waals surface area contributed by atoms with Crippen molar-refractivity contribution >= 4 is 32.9 Å². The highest BCUT2D eigenvalue weighted by Crippen LogP contribution is 2.35. The van der Waals surface area contributed by atoms with Gasteiger partial charge < -0.3 is 9.64 Å². The van der Waals surface area contributed by atoms with Crippen LogP contribution in [0.15, 0.2) is 71.8 Å². The number of rotatable bonds is 9. The lowest BCUT2D eigenvalue weighted by Crippen LogP contribution is -2.32. The fourth-order valence-electron chi connectivity index (χ4n) is 5.46. The molecule has 0 unspecified atom stereocenters. The van der Waals surface area contributed by atoms with Crippen molar-refractivity contribution in [1.82, 2.24) is 14.2 Å². The van der Waals surface area contributed by atoms with Crippen LogP contribution in [0.3, 0.4) is 0 Å². The molecule has 0 saturated carbocycles. The van der Waals surface area contributed by atoms with Gasteiger partial charge in [-0.05, 0) is 110 Å². The van der Waals surface area contributed by atoms with E-state index in [-0.39, 0.29) is 23.2 Å². The minimum absolute atomic E-state index is 0.0535. The number of carbonyl (C=O) groups is 2. The van der Waals surface area contributed by atoms with Crippen molar-refractivity contribution in [3.8, 4) is 11.1 Å². The molecule has 0 atom stereocenters. The molecule has 0 saturated heterocycles. The van der Waals surface area contributed by atoms with E-state index < -0.39 is 27.6 Å². The third-order valence-electron chi connectivity index (χ3n) is 7.49. The number of aromatic nitrogens is 1. The van der Waals surface area contributed by atoms with E-state index in [1.165, 1.54) is 16.7 Å². The normalized spacial score (nSPS) is 12.4. The summed E-state index contributed by atoms with van der Waals surface area (Å²) < 4.78 is 35.5. The Labute approximate surface area is 267 Å². The molecule has 0 fully saturated rings. The third-order valence-corrected chi connectivity index (χ3v) is 8.88. The lowest BCUT2D eigenvalue weighted by Gasteiger charge is -2.22. The molecule has 0 aliphatic rings. The summed E-state index contributed by atoms with van der Waals surface area (Å²) in [5.74, 6) is -0.403. The van der Waals surface area contributed by atoms with E-state index in [0.29, 0.717) is 6.54 Å². The van der Waals surface area contributed by atoms with Crippen molar-refractivity contribution in [3.05, 3.63) is 89.1 Å². The van der Waals surface area contributed by atoms with Crippen LogP contribution in [-0.4, -0.2) is 49.6 Å². The molecule has 1 aromatic heterocycles. The summed E-state index contributed by atoms with van der Waals surface area (Å²) >= 11 is 0. The first-order valence-corrected chi connectivity index (χ1v) is 16.7. The monoisotopic (exact) mass is 631 g/mol. The highest BCUT2D eigenvalue weighted by molar-refractivity contribution is 7.90. The summed E-state index contributed by atoms with van der Waals surface area (Å²) in [6.07, 6.45) is 1.23. The van der Waals surface area contributed by atoms with Gasteiger partial charge in [0.25, 0.3) is 10.0 Å². The van der Waals surface area contributed by atoms with Crippen molar-refractivity contribution < 1.29 is 22.7 Å². The van der Waals surface area contributed by atoms with Crippen LogP contribution in [0.25, 0.3) is 22.0 Å². The van der Waals surface area contributed by atoms with Gasteiger partial charge in [-0.3, -0.25) is 9.36 Å². The zero-order valence-electron chi connectivity index (χ0n) is 27.8. The van der Waals surface area contributed by atoms with Crippen LogP contribution in [0.1, 0.15) is 82.6 Å². The van der Waals surface area contributed by atoms with E-state index in [0.717, 1.165) is 44.3 Å². The highest BCUT2D eigenvalue weighted by atomic mass is 32.2. The molecule has 0 aliphatic heterocycles. The first-order valence-electron chi connectivity index (χ1n) is 15.3. The van der Waals surface area contributed by atoms with Gasteiger partial charge in [0.1, 0.15) is 5.60 Å². The molecule has 0 radical (unpaired) electrons. The summed E-state index contributed by atoms with van der Waals surface area (Å²) in [6, 6.07) is 18.6. The Kier molecular flexibility index (Phi) is 9.94. The average Bonchev–Trinajstić information content (AvgIpc) is 3.35. The largest absolute Gasteiger partial charge is 0.443 e. The van der Waals surface area contributed by atoms with Crippen LogP contribution >= 0.6 is 0 Å². The summed E-state index contributed by atoms with van der Waals surface area (Å²) in [6.45, 7) is 14.5. The minimum atomic E-state index is -4.03. The van der Waals surface area contributed by atoms with Gasteiger partial charge >= 0.3 is 6.09 Å². The van der Waals surface area contributed by atoms with E-state index in [4.69, 9.17) is 4.74 Å². The molecule has 1 amide bonds. The molecule has 3 aromatic carbocycles. The number of nitrogens with one attached hydrogen (secondary N) is 1. The van der Waals surface area contributed by atoms with Crippen molar-refractivity contribution in [3.63, 3.8) is 0 Å². The summed E-state index contributed by atoms with van der Waals surface area (Å²) in [7, 11) is -0.139. The number of benzene rings is 3. The predicted molar refractivity (Wildman–Crippen MR) is 180 cm³/mol. The first kappa shape index (κ1) is 33.9. The van der Waals surface area contributed by atoms with Crippen LogP contribution in [0, 0.1) is 0 Å². The van der Waals surface area contributed by atoms with Crippen molar-refractivity contribution in [1.29, 1.82) is 0 Å². The van der Waals surface area contributed by atoms with Crippen LogP contribution in [0.4, 0.5) is 4.79 Å². The van der Waals surface area contributed by atoms with Crippen molar-refractivity contribution in [2.24, 2.45) is 0 Å². The Morgan fingerprint density at radius 1 is 0.867 bits per heavy atom. The number of hydrogen-bond donors (Lipinski definition) is 1. The zero-order chi connectivity index (χ0) is 33.3. The van der Waals surface area contributed by atoms with Gasteiger partial charge in [-0.2, -0.15) is 0 Å². The maximum atomic E-state index is 13.3. The molecule has 0 spiro atoms. The number of nitrogens with zero attached hydrogens (tertiary/aromatic N) is 2. The standard InChI is InChI=1S/C36H45N3O5S/c1-23(2)30-19-28(26-12-15-33-27(18-26)16-17-39(33)35(41)44-36(5,6)7)20-31(24(3)4)32(30)21-34(40)37-45(42,43)29-13-10-25(11-14-29)22-38(8)9/h10-20,23-24H,21-22H2,1-9H3,(H,37,40). The average molecular weight is 632 g/mol. The van der Waals surface area contributed by atoms with E-state index in [2.05, 4.69) is 44.5 Å². The topological polar surface area (TPSA) is 97.7 Å². The fourth-order valence-corrected chi connectivity index (χ4v) is 6.44. The Balaban J connectivity index is 1.64. The van der Waals surface area contributed by atoms with Gasteiger partial charge in [0, 0.05) is 18.1 Å². The smallest absolute Gasteiger partial charge is 0.418 e.